The number of hydrazone groups is 1. The van der Waals surface area contributed by atoms with E-state index in [1.54, 1.807) is 36.8 Å². The summed E-state index contributed by atoms with van der Waals surface area (Å²) in [4.78, 5) is 19.4. The van der Waals surface area contributed by atoms with Crippen molar-refractivity contribution < 1.29 is 39.1 Å². The molecule has 0 saturated carbocycles. The van der Waals surface area contributed by atoms with E-state index in [1.807, 2.05) is 12.1 Å². The number of pyridine rings is 2. The summed E-state index contributed by atoms with van der Waals surface area (Å²) in [6.45, 7) is 0. The quantitative estimate of drug-likeness (QED) is 0.0518. The average Bonchev–Trinajstić information content (AvgIpc) is 3.29. The number of halogens is 4. The van der Waals surface area contributed by atoms with Gasteiger partial charge in [-0.1, -0.05) is 115 Å². The maximum atomic E-state index is 11.6. The molecule has 61 heavy (non-hydrogen) atoms. The summed E-state index contributed by atoms with van der Waals surface area (Å²) in [6, 6.07) is 73.7. The zero-order valence-electron chi connectivity index (χ0n) is 32.7. The normalized spacial score (nSPS) is 10.5. The molecule has 0 unspecified atom stereocenters. The number of benzene rings is 6. The number of hydrogen-bond donors (Lipinski definition) is 1. The number of hydrogen-bond acceptors (Lipinski definition) is 4. The van der Waals surface area contributed by atoms with Crippen LogP contribution < -0.4 is 37.3 Å². The van der Waals surface area contributed by atoms with Crippen LogP contribution in [-0.2, 0) is 17.1 Å². The fourth-order valence-electron chi connectivity index (χ4n) is 5.81. The number of rotatable bonds is 9. The van der Waals surface area contributed by atoms with Gasteiger partial charge in [0.15, 0.2) is 0 Å². The molecule has 8 aromatic rings. The van der Waals surface area contributed by atoms with Gasteiger partial charge in [-0.3, -0.25) is 14.8 Å². The molecule has 6 aromatic carbocycles. The van der Waals surface area contributed by atoms with Crippen LogP contribution in [0.15, 0.2) is 236 Å². The fraction of sp³-hybridized carbons (Fsp3) is 0. The van der Waals surface area contributed by atoms with Gasteiger partial charge < -0.3 is 17.3 Å². The van der Waals surface area contributed by atoms with E-state index in [0.717, 1.165) is 0 Å². The first-order valence-electron chi connectivity index (χ1n) is 18.8. The van der Waals surface area contributed by atoms with Gasteiger partial charge in [0.2, 0.25) is 0 Å². The van der Waals surface area contributed by atoms with Crippen LogP contribution in [0.4, 0.5) is 17.3 Å². The van der Waals surface area contributed by atoms with E-state index in [1.165, 1.54) is 38.0 Å². The van der Waals surface area contributed by atoms with Crippen molar-refractivity contribution in [2.45, 2.75) is 0 Å². The number of nitrogens with zero attached hydrogens (tertiary/aromatic N) is 3. The minimum Gasteiger partial charge on any atom is -0.418 e. The molecular weight excluding hydrogens is 861 g/mol. The molecular formula is C48H42BCuF4N4OP2+2. The van der Waals surface area contributed by atoms with Crippen LogP contribution >= 0.6 is 15.8 Å². The number of aromatic nitrogens is 2. The molecule has 0 aliphatic carbocycles. The maximum absolute atomic E-state index is 11.6. The molecule has 310 valence electrons. The first-order chi connectivity index (χ1) is 29.3. The van der Waals surface area contributed by atoms with Crippen LogP contribution in [0.5, 0.6) is 0 Å². The van der Waals surface area contributed by atoms with Gasteiger partial charge in [0.25, 0.3) is 5.91 Å². The summed E-state index contributed by atoms with van der Waals surface area (Å²) in [7, 11) is -7.75. The van der Waals surface area contributed by atoms with E-state index in [0.29, 0.717) is 11.3 Å². The van der Waals surface area contributed by atoms with Crippen LogP contribution in [0.3, 0.4) is 0 Å². The maximum Gasteiger partial charge on any atom is 1.00 e. The minimum atomic E-state index is -6.00. The Bertz CT molecular complexity index is 2110. The van der Waals surface area contributed by atoms with Gasteiger partial charge in [0.05, 0.1) is 27.8 Å². The Labute approximate surface area is 367 Å². The van der Waals surface area contributed by atoms with E-state index in [2.05, 4.69) is 202 Å². The Kier molecular flexibility index (Phi) is 20.4. The zero-order valence-corrected chi connectivity index (χ0v) is 35.6. The molecule has 0 fully saturated rings. The second kappa shape index (κ2) is 26.2. The van der Waals surface area contributed by atoms with E-state index >= 15 is 0 Å². The summed E-state index contributed by atoms with van der Waals surface area (Å²) in [5.74, 6) is -0.278. The van der Waals surface area contributed by atoms with E-state index in [4.69, 9.17) is 0 Å². The molecule has 2 heterocycles. The Morgan fingerprint density at radius 3 is 1.03 bits per heavy atom. The van der Waals surface area contributed by atoms with Crippen molar-refractivity contribution in [2.75, 3.05) is 0 Å². The Morgan fingerprint density at radius 1 is 0.459 bits per heavy atom. The van der Waals surface area contributed by atoms with Crippen molar-refractivity contribution >= 4 is 67.0 Å². The second-order valence-electron chi connectivity index (χ2n) is 12.6. The Balaban J connectivity index is 0.000000190. The summed E-state index contributed by atoms with van der Waals surface area (Å²) < 4.78 is 39.0. The van der Waals surface area contributed by atoms with Gasteiger partial charge in [-0.2, -0.15) is 5.10 Å². The van der Waals surface area contributed by atoms with Gasteiger partial charge in [0.1, 0.15) is 31.8 Å². The van der Waals surface area contributed by atoms with Crippen LogP contribution in [0.25, 0.3) is 0 Å². The van der Waals surface area contributed by atoms with Gasteiger partial charge >= 0.3 is 24.3 Å². The van der Waals surface area contributed by atoms with E-state index in [-0.39, 0.29) is 23.0 Å². The predicted molar refractivity (Wildman–Crippen MR) is 247 cm³/mol. The van der Waals surface area contributed by atoms with Gasteiger partial charge in [-0.15, -0.1) is 0 Å². The minimum absolute atomic E-state index is 0. The molecule has 0 atom stereocenters. The molecule has 0 saturated heterocycles. The van der Waals surface area contributed by atoms with Crippen LogP contribution in [0.2, 0.25) is 0 Å². The van der Waals surface area contributed by atoms with Gasteiger partial charge in [0, 0.05) is 24.2 Å². The van der Waals surface area contributed by atoms with Gasteiger partial charge in [-0.25, -0.2) is 5.43 Å². The van der Waals surface area contributed by atoms with Crippen molar-refractivity contribution in [2.24, 2.45) is 5.10 Å². The molecule has 0 radical (unpaired) electrons. The molecule has 1 N–H and O–H groups in total. The molecule has 5 nitrogen and oxygen atoms in total. The summed E-state index contributed by atoms with van der Waals surface area (Å²) in [6.07, 6.45) is 6.25. The molecule has 0 aliphatic heterocycles. The van der Waals surface area contributed by atoms with Crippen molar-refractivity contribution in [1.82, 2.24) is 15.4 Å². The zero-order chi connectivity index (χ0) is 42.3. The number of amides is 1. The summed E-state index contributed by atoms with van der Waals surface area (Å²) >= 11 is 0. The molecule has 0 aliphatic rings. The monoisotopic (exact) mass is 902 g/mol. The van der Waals surface area contributed by atoms with Crippen molar-refractivity contribution in [3.63, 3.8) is 0 Å². The Hall–Kier alpha value is -6.08. The number of carbonyl (C=O) groups is 1. The van der Waals surface area contributed by atoms with E-state index < -0.39 is 23.1 Å². The van der Waals surface area contributed by atoms with Crippen molar-refractivity contribution in [1.29, 1.82) is 0 Å². The SMILES string of the molecule is F[B-](F)(F)F.O=C(N/N=C/c1ccccn1)c1ccncc1.[Cu+].c1ccc([PH+](c2ccccc2)c2ccccc2)cc1.c1ccc([PH+](c2ccccc2)c2ccccc2)cc1. The third kappa shape index (κ3) is 17.2. The van der Waals surface area contributed by atoms with Crippen molar-refractivity contribution in [3.8, 4) is 0 Å². The molecule has 0 spiro atoms. The summed E-state index contributed by atoms with van der Waals surface area (Å²) in [5.41, 5.74) is 3.61. The first kappa shape index (κ1) is 47.6. The Morgan fingerprint density at radius 2 is 0.754 bits per heavy atom. The fourth-order valence-corrected chi connectivity index (χ4v) is 11.0. The third-order valence-corrected chi connectivity index (χ3v) is 13.8. The first-order valence-corrected chi connectivity index (χ1v) is 21.8. The molecule has 2 aromatic heterocycles. The largest absolute Gasteiger partial charge is 1.00 e. The van der Waals surface area contributed by atoms with E-state index in [9.17, 15) is 22.1 Å². The topological polar surface area (TPSA) is 67.2 Å². The standard InChI is InChI=1S/2C18H15P.C12H10N4O.BF4.Cu/c2*1-4-10-16(11-5-1)19(17-12-6-2-7-13-17)18-14-8-3-9-15-18;17-12(10-4-7-13-8-5-10)16-15-9-11-3-1-2-6-14-11;2-1(3,4)5;/h2*1-15H;1-9H,(H,16,17);;/q;;;-1;+1/p+2/b;;15-9+;;. The predicted octanol–water partition coefficient (Wildman–Crippen LogP) is 8.89. The number of nitrogens with one attached hydrogen (secondary N) is 1. The summed E-state index contributed by atoms with van der Waals surface area (Å²) in [5, 5.41) is 12.4. The van der Waals surface area contributed by atoms with Gasteiger partial charge in [-0.05, 0) is 97.1 Å². The number of carbonyl (C=O) groups excluding carboxylic acids is 1. The molecule has 1 amide bonds. The smallest absolute Gasteiger partial charge is 0.418 e. The average molecular weight is 903 g/mol. The van der Waals surface area contributed by atoms with Crippen LogP contribution in [0.1, 0.15) is 16.1 Å². The van der Waals surface area contributed by atoms with Crippen molar-refractivity contribution in [3.05, 3.63) is 242 Å². The van der Waals surface area contributed by atoms with Crippen LogP contribution in [-0.4, -0.2) is 29.3 Å². The third-order valence-electron chi connectivity index (χ3n) is 8.37. The molecule has 13 heteroatoms. The molecule has 0 bridgehead atoms. The molecule has 8 rings (SSSR count). The van der Waals surface area contributed by atoms with Crippen LogP contribution in [0, 0.1) is 0 Å². The second-order valence-corrected chi connectivity index (χ2v) is 17.6.